The van der Waals surface area contributed by atoms with Gasteiger partial charge in [-0.1, -0.05) is 43.6 Å². The summed E-state index contributed by atoms with van der Waals surface area (Å²) in [7, 11) is -3.39. The number of sulfone groups is 1. The Bertz CT molecular complexity index is 1090. The average molecular weight is 475 g/mol. The van der Waals surface area contributed by atoms with Crippen LogP contribution in [0.15, 0.2) is 47.4 Å². The third-order valence-corrected chi connectivity index (χ3v) is 7.31. The number of rotatable bonds is 5. The molecule has 2 aromatic rings. The number of hydrogen-bond donors (Lipinski definition) is 2. The number of anilines is 1. The van der Waals surface area contributed by atoms with Crippen LogP contribution in [0.1, 0.15) is 37.4 Å². The third kappa shape index (κ3) is 5.15. The highest BCUT2D eigenvalue weighted by molar-refractivity contribution is 7.91. The van der Waals surface area contributed by atoms with Crippen LogP contribution in [0, 0.1) is 5.92 Å². The molecule has 0 bridgehead atoms. The summed E-state index contributed by atoms with van der Waals surface area (Å²) >= 11 is 6.02. The smallest absolute Gasteiger partial charge is 0.372 e. The van der Waals surface area contributed by atoms with E-state index in [1.54, 1.807) is 32.0 Å². The highest BCUT2D eigenvalue weighted by Crippen LogP contribution is 2.35. The van der Waals surface area contributed by atoms with Crippen molar-refractivity contribution in [2.45, 2.75) is 43.4 Å². The molecule has 0 aliphatic carbocycles. The summed E-state index contributed by atoms with van der Waals surface area (Å²) in [5.41, 5.74) is -0.152. The van der Waals surface area contributed by atoms with Gasteiger partial charge in [-0.25, -0.2) is 8.42 Å². The number of hydrogen-bond acceptors (Lipinski definition) is 4. The van der Waals surface area contributed by atoms with Gasteiger partial charge in [-0.3, -0.25) is 4.79 Å². The molecule has 0 radical (unpaired) electrons. The summed E-state index contributed by atoms with van der Waals surface area (Å²) in [4.78, 5) is 13.2. The van der Waals surface area contributed by atoms with E-state index < -0.39 is 39.6 Å². The molecule has 1 aliphatic rings. The predicted octanol–water partition coefficient (Wildman–Crippen LogP) is 4.83. The lowest BCUT2D eigenvalue weighted by Crippen LogP contribution is -2.45. The van der Waals surface area contributed by atoms with Gasteiger partial charge in [-0.15, -0.1) is 0 Å². The summed E-state index contributed by atoms with van der Waals surface area (Å²) in [6, 6.07) is 8.14. The van der Waals surface area contributed by atoms with Crippen molar-refractivity contribution in [1.29, 1.82) is 0 Å². The monoisotopic (exact) mass is 474 g/mol. The van der Waals surface area contributed by atoms with Crippen molar-refractivity contribution in [2.75, 3.05) is 11.1 Å². The molecule has 1 unspecified atom stereocenters. The lowest BCUT2D eigenvalue weighted by atomic mass is 9.99. The molecule has 3 rings (SSSR count). The molecule has 2 atom stereocenters. The molecule has 2 N–H and O–H groups in total. The van der Waals surface area contributed by atoms with E-state index >= 15 is 0 Å². The van der Waals surface area contributed by atoms with Crippen LogP contribution < -0.4 is 10.6 Å². The quantitative estimate of drug-likeness (QED) is 0.651. The van der Waals surface area contributed by atoms with Crippen LogP contribution in [-0.4, -0.2) is 26.1 Å². The highest BCUT2D eigenvalue weighted by Gasteiger charge is 2.34. The molecular formula is C21H22ClF3N2O3S. The molecule has 0 saturated heterocycles. The zero-order valence-corrected chi connectivity index (χ0v) is 18.4. The summed E-state index contributed by atoms with van der Waals surface area (Å²) in [5, 5.41) is 5.66. The van der Waals surface area contributed by atoms with E-state index in [2.05, 4.69) is 10.6 Å². The summed E-state index contributed by atoms with van der Waals surface area (Å²) < 4.78 is 63.2. The van der Waals surface area contributed by atoms with E-state index in [1.807, 2.05) is 0 Å². The van der Waals surface area contributed by atoms with Gasteiger partial charge in [-0.2, -0.15) is 13.2 Å². The van der Waals surface area contributed by atoms with E-state index in [-0.39, 0.29) is 33.7 Å². The minimum Gasteiger partial charge on any atom is -0.372 e. The molecule has 1 aliphatic heterocycles. The second kappa shape index (κ2) is 8.70. The summed E-state index contributed by atoms with van der Waals surface area (Å²) in [6.45, 7) is 3.57. The summed E-state index contributed by atoms with van der Waals surface area (Å²) in [5.74, 6) is -0.703. The van der Waals surface area contributed by atoms with Gasteiger partial charge in [0.05, 0.1) is 33.0 Å². The van der Waals surface area contributed by atoms with Gasteiger partial charge in [0.1, 0.15) is 6.04 Å². The Labute approximate surface area is 183 Å². The van der Waals surface area contributed by atoms with Crippen LogP contribution in [0.5, 0.6) is 0 Å². The lowest BCUT2D eigenvalue weighted by Gasteiger charge is -2.30. The van der Waals surface area contributed by atoms with E-state index in [4.69, 9.17) is 11.6 Å². The van der Waals surface area contributed by atoms with Crippen LogP contribution in [0.25, 0.3) is 0 Å². The Morgan fingerprint density at radius 1 is 1.16 bits per heavy atom. The number of amides is 1. The van der Waals surface area contributed by atoms with Crippen molar-refractivity contribution in [1.82, 2.24) is 5.32 Å². The normalized spacial score (nSPS) is 18.9. The topological polar surface area (TPSA) is 75.3 Å². The molecule has 0 spiro atoms. The van der Waals surface area contributed by atoms with Crippen LogP contribution in [-0.2, 0) is 20.8 Å². The zero-order valence-electron chi connectivity index (χ0n) is 16.8. The van der Waals surface area contributed by atoms with Crippen molar-refractivity contribution in [2.24, 2.45) is 5.92 Å². The Hall–Kier alpha value is -2.26. The maximum absolute atomic E-state index is 13.0. The number of alkyl halides is 3. The molecule has 0 fully saturated rings. The minimum absolute atomic E-state index is 0.0839. The first-order chi connectivity index (χ1) is 14.4. The van der Waals surface area contributed by atoms with Crippen LogP contribution in [0.4, 0.5) is 18.9 Å². The number of halogens is 4. The minimum atomic E-state index is -4.52. The fourth-order valence-electron chi connectivity index (χ4n) is 3.51. The van der Waals surface area contributed by atoms with Crippen LogP contribution in [0.3, 0.4) is 0 Å². The molecule has 1 heterocycles. The maximum atomic E-state index is 13.0. The van der Waals surface area contributed by atoms with E-state index in [9.17, 15) is 26.4 Å². The van der Waals surface area contributed by atoms with Gasteiger partial charge in [-0.05, 0) is 42.2 Å². The Kier molecular flexibility index (Phi) is 6.57. The first kappa shape index (κ1) is 23.4. The second-order valence-electron chi connectivity index (χ2n) is 7.76. The Morgan fingerprint density at radius 3 is 2.45 bits per heavy atom. The molecule has 2 aromatic carbocycles. The molecule has 0 saturated carbocycles. The third-order valence-electron chi connectivity index (χ3n) is 5.18. The van der Waals surface area contributed by atoms with Gasteiger partial charge in [0, 0.05) is 0 Å². The first-order valence-electron chi connectivity index (χ1n) is 9.65. The first-order valence-corrected chi connectivity index (χ1v) is 11.7. The van der Waals surface area contributed by atoms with Gasteiger partial charge in [0.25, 0.3) is 0 Å². The van der Waals surface area contributed by atoms with Gasteiger partial charge in [0.2, 0.25) is 5.91 Å². The highest BCUT2D eigenvalue weighted by atomic mass is 35.5. The predicted molar refractivity (Wildman–Crippen MR) is 113 cm³/mol. The fraction of sp³-hybridized carbons (Fsp3) is 0.381. The maximum Gasteiger partial charge on any atom is 0.416 e. The standard InChI is InChI=1S/C21H22ClF3N2O3S/c1-12(2)19(26-17-8-7-13(11-15(17)22)21(23,24)25)20(28)27-16-9-10-31(29,30)18-6-4-3-5-14(16)18/h3-8,11-12,16,19,26H,9-10H2,1-2H3,(H,27,28)/t16?,19-/m0/s1. The number of carbonyl (C=O) groups is 1. The van der Waals surface area contributed by atoms with Crippen molar-refractivity contribution >= 4 is 33.0 Å². The number of nitrogens with one attached hydrogen (secondary N) is 2. The van der Waals surface area contributed by atoms with Crippen molar-refractivity contribution in [3.63, 3.8) is 0 Å². The second-order valence-corrected chi connectivity index (χ2v) is 10.2. The largest absolute Gasteiger partial charge is 0.416 e. The van der Waals surface area contributed by atoms with Gasteiger partial charge < -0.3 is 10.6 Å². The van der Waals surface area contributed by atoms with E-state index in [0.29, 0.717) is 5.56 Å². The lowest BCUT2D eigenvalue weighted by molar-refractivity contribution is -0.137. The van der Waals surface area contributed by atoms with Crippen molar-refractivity contribution in [3.8, 4) is 0 Å². The summed E-state index contributed by atoms with van der Waals surface area (Å²) in [6.07, 6.45) is -4.29. The molecule has 168 valence electrons. The number of fused-ring (bicyclic) bond motifs is 1. The van der Waals surface area contributed by atoms with E-state index in [1.165, 1.54) is 12.1 Å². The Morgan fingerprint density at radius 2 is 1.84 bits per heavy atom. The Balaban J connectivity index is 1.81. The van der Waals surface area contributed by atoms with Crippen LogP contribution >= 0.6 is 11.6 Å². The number of benzene rings is 2. The number of carbonyl (C=O) groups excluding carboxylic acids is 1. The van der Waals surface area contributed by atoms with Gasteiger partial charge in [0.15, 0.2) is 9.84 Å². The SMILES string of the molecule is CC(C)[C@H](Nc1ccc(C(F)(F)F)cc1Cl)C(=O)NC1CCS(=O)(=O)c2ccccc21. The van der Waals surface area contributed by atoms with Gasteiger partial charge >= 0.3 is 6.18 Å². The van der Waals surface area contributed by atoms with Crippen LogP contribution in [0.2, 0.25) is 5.02 Å². The molecule has 10 heteroatoms. The molecule has 5 nitrogen and oxygen atoms in total. The molecular weight excluding hydrogens is 453 g/mol. The van der Waals surface area contributed by atoms with E-state index in [0.717, 1.165) is 12.1 Å². The molecule has 1 amide bonds. The van der Waals surface area contributed by atoms with Crippen molar-refractivity contribution in [3.05, 3.63) is 58.6 Å². The zero-order chi connectivity index (χ0) is 23.0. The fourth-order valence-corrected chi connectivity index (χ4v) is 5.37. The van der Waals surface area contributed by atoms with Crippen molar-refractivity contribution < 1.29 is 26.4 Å². The molecule has 31 heavy (non-hydrogen) atoms. The molecule has 0 aromatic heterocycles. The average Bonchev–Trinajstić information content (AvgIpc) is 2.68.